The third kappa shape index (κ3) is 3.93. The van der Waals surface area contributed by atoms with E-state index in [9.17, 15) is 0 Å². The van der Waals surface area contributed by atoms with Crippen molar-refractivity contribution in [3.8, 4) is 0 Å². The maximum absolute atomic E-state index is 3.56. The van der Waals surface area contributed by atoms with Gasteiger partial charge in [-0.25, -0.2) is 0 Å². The van der Waals surface area contributed by atoms with Gasteiger partial charge in [0, 0.05) is 10.9 Å². The normalized spacial score (nSPS) is 13.4. The molecule has 1 heterocycles. The van der Waals surface area contributed by atoms with Crippen LogP contribution < -0.4 is 5.32 Å². The van der Waals surface area contributed by atoms with E-state index in [1.807, 2.05) is 11.3 Å². The summed E-state index contributed by atoms with van der Waals surface area (Å²) in [6, 6.07) is 2.77. The summed E-state index contributed by atoms with van der Waals surface area (Å²) in [4.78, 5) is 3.69. The third-order valence-corrected chi connectivity index (χ3v) is 3.45. The average molecular weight is 226 g/mol. The zero-order chi connectivity index (χ0) is 11.3. The number of rotatable bonds is 6. The molecule has 0 amide bonds. The van der Waals surface area contributed by atoms with Crippen LogP contribution in [0.1, 0.15) is 29.8 Å². The van der Waals surface area contributed by atoms with Crippen LogP contribution in [0, 0.1) is 6.92 Å². The van der Waals surface area contributed by atoms with E-state index in [1.54, 1.807) is 0 Å². The summed E-state index contributed by atoms with van der Waals surface area (Å²) < 4.78 is 0. The number of hydrogen-bond acceptors (Lipinski definition) is 3. The molecule has 3 heteroatoms. The number of hydrogen-bond donors (Lipinski definition) is 1. The summed E-state index contributed by atoms with van der Waals surface area (Å²) >= 11 is 1.84. The molecule has 2 nitrogen and oxygen atoms in total. The van der Waals surface area contributed by atoms with Crippen LogP contribution in [0.15, 0.2) is 11.4 Å². The Morgan fingerprint density at radius 3 is 2.67 bits per heavy atom. The Hall–Kier alpha value is -0.380. The van der Waals surface area contributed by atoms with Crippen molar-refractivity contribution >= 4 is 11.3 Å². The first-order chi connectivity index (χ1) is 7.15. The van der Waals surface area contributed by atoms with Crippen molar-refractivity contribution in [3.63, 3.8) is 0 Å². The fourth-order valence-corrected chi connectivity index (χ4v) is 2.52. The average Bonchev–Trinajstić information content (AvgIpc) is 2.59. The molecule has 1 unspecified atom stereocenters. The molecule has 0 radical (unpaired) electrons. The van der Waals surface area contributed by atoms with Crippen LogP contribution in [0.2, 0.25) is 0 Å². The zero-order valence-corrected chi connectivity index (χ0v) is 11.0. The first-order valence-electron chi connectivity index (χ1n) is 5.57. The van der Waals surface area contributed by atoms with Gasteiger partial charge in [-0.1, -0.05) is 6.92 Å². The summed E-state index contributed by atoms with van der Waals surface area (Å²) in [5.74, 6) is 0. The summed E-state index contributed by atoms with van der Waals surface area (Å²) in [5, 5.41) is 5.75. The number of nitrogens with zero attached hydrogens (tertiary/aromatic N) is 1. The van der Waals surface area contributed by atoms with Gasteiger partial charge >= 0.3 is 0 Å². The summed E-state index contributed by atoms with van der Waals surface area (Å²) in [6.45, 7) is 6.55. The molecular formula is C12H22N2S. The van der Waals surface area contributed by atoms with Gasteiger partial charge in [-0.15, -0.1) is 11.3 Å². The second kappa shape index (κ2) is 6.26. The maximum atomic E-state index is 3.56. The van der Waals surface area contributed by atoms with Crippen LogP contribution in [-0.2, 0) is 0 Å². The molecule has 0 aliphatic heterocycles. The Labute approximate surface area is 97.3 Å². The van der Waals surface area contributed by atoms with E-state index >= 15 is 0 Å². The Bertz CT molecular complexity index is 281. The first kappa shape index (κ1) is 12.7. The molecule has 1 aromatic heterocycles. The highest BCUT2D eigenvalue weighted by molar-refractivity contribution is 7.10. The van der Waals surface area contributed by atoms with Crippen LogP contribution in [-0.4, -0.2) is 32.1 Å². The molecule has 1 atom stereocenters. The van der Waals surface area contributed by atoms with Crippen LogP contribution in [0.5, 0.6) is 0 Å². The fourth-order valence-electron chi connectivity index (χ4n) is 1.76. The van der Waals surface area contributed by atoms with Gasteiger partial charge in [0.05, 0.1) is 0 Å². The second-order valence-corrected chi connectivity index (χ2v) is 5.25. The maximum Gasteiger partial charge on any atom is 0.0343 e. The van der Waals surface area contributed by atoms with Gasteiger partial charge in [0.1, 0.15) is 0 Å². The van der Waals surface area contributed by atoms with E-state index < -0.39 is 0 Å². The fraction of sp³-hybridized carbons (Fsp3) is 0.667. The molecule has 0 saturated heterocycles. The number of thiophene rings is 1. The molecule has 0 aliphatic rings. The van der Waals surface area contributed by atoms with E-state index in [1.165, 1.54) is 16.9 Å². The van der Waals surface area contributed by atoms with Crippen molar-refractivity contribution in [2.45, 2.75) is 26.3 Å². The summed E-state index contributed by atoms with van der Waals surface area (Å²) in [5.41, 5.74) is 1.48. The van der Waals surface area contributed by atoms with E-state index in [0.717, 1.165) is 13.1 Å². The molecule has 15 heavy (non-hydrogen) atoms. The van der Waals surface area contributed by atoms with Gasteiger partial charge in [-0.3, -0.25) is 0 Å². The van der Waals surface area contributed by atoms with Crippen molar-refractivity contribution in [2.75, 3.05) is 27.2 Å². The Kier molecular flexibility index (Phi) is 5.29. The Morgan fingerprint density at radius 1 is 1.47 bits per heavy atom. The summed E-state index contributed by atoms with van der Waals surface area (Å²) in [6.07, 6.45) is 1.18. The SMILES string of the molecule is CCNC(CCN(C)C)c1ccsc1C. The van der Waals surface area contributed by atoms with Crippen molar-refractivity contribution in [3.05, 3.63) is 21.9 Å². The highest BCUT2D eigenvalue weighted by Gasteiger charge is 2.13. The molecule has 0 bridgehead atoms. The van der Waals surface area contributed by atoms with Gasteiger partial charge < -0.3 is 10.2 Å². The van der Waals surface area contributed by atoms with Gasteiger partial charge in [-0.2, -0.15) is 0 Å². The van der Waals surface area contributed by atoms with Crippen LogP contribution >= 0.6 is 11.3 Å². The van der Waals surface area contributed by atoms with Crippen molar-refractivity contribution < 1.29 is 0 Å². The van der Waals surface area contributed by atoms with E-state index in [0.29, 0.717) is 6.04 Å². The van der Waals surface area contributed by atoms with Gasteiger partial charge in [-0.05, 0) is 57.5 Å². The first-order valence-corrected chi connectivity index (χ1v) is 6.45. The lowest BCUT2D eigenvalue weighted by molar-refractivity contribution is 0.363. The minimum atomic E-state index is 0.517. The number of nitrogens with one attached hydrogen (secondary N) is 1. The largest absolute Gasteiger partial charge is 0.310 e. The van der Waals surface area contributed by atoms with E-state index in [4.69, 9.17) is 0 Å². The molecule has 1 N–H and O–H groups in total. The monoisotopic (exact) mass is 226 g/mol. The zero-order valence-electron chi connectivity index (χ0n) is 10.2. The molecular weight excluding hydrogens is 204 g/mol. The quantitative estimate of drug-likeness (QED) is 0.802. The summed E-state index contributed by atoms with van der Waals surface area (Å²) in [7, 11) is 4.26. The molecule has 1 rings (SSSR count). The highest BCUT2D eigenvalue weighted by atomic mass is 32.1. The van der Waals surface area contributed by atoms with Gasteiger partial charge in [0.25, 0.3) is 0 Å². The van der Waals surface area contributed by atoms with Gasteiger partial charge in [0.2, 0.25) is 0 Å². The number of aryl methyl sites for hydroxylation is 1. The van der Waals surface area contributed by atoms with Crippen molar-refractivity contribution in [1.82, 2.24) is 10.2 Å². The Morgan fingerprint density at radius 2 is 2.20 bits per heavy atom. The van der Waals surface area contributed by atoms with E-state index in [2.05, 4.69) is 49.6 Å². The Balaban J connectivity index is 2.61. The van der Waals surface area contributed by atoms with Crippen molar-refractivity contribution in [1.29, 1.82) is 0 Å². The topological polar surface area (TPSA) is 15.3 Å². The molecule has 86 valence electrons. The molecule has 0 aromatic carbocycles. The minimum absolute atomic E-state index is 0.517. The molecule has 1 aromatic rings. The molecule has 0 saturated carbocycles. The van der Waals surface area contributed by atoms with Crippen molar-refractivity contribution in [2.24, 2.45) is 0 Å². The van der Waals surface area contributed by atoms with Gasteiger partial charge in [0.15, 0.2) is 0 Å². The van der Waals surface area contributed by atoms with Crippen LogP contribution in [0.3, 0.4) is 0 Å². The highest BCUT2D eigenvalue weighted by Crippen LogP contribution is 2.24. The standard InChI is InChI=1S/C12H22N2S/c1-5-13-12(6-8-14(3)4)11-7-9-15-10(11)2/h7,9,12-13H,5-6,8H2,1-4H3. The lowest BCUT2D eigenvalue weighted by atomic mass is 10.0. The third-order valence-electron chi connectivity index (χ3n) is 2.59. The van der Waals surface area contributed by atoms with E-state index in [-0.39, 0.29) is 0 Å². The van der Waals surface area contributed by atoms with Crippen LogP contribution in [0.25, 0.3) is 0 Å². The molecule has 0 spiro atoms. The minimum Gasteiger partial charge on any atom is -0.310 e. The molecule has 0 aliphatic carbocycles. The smallest absolute Gasteiger partial charge is 0.0343 e. The lowest BCUT2D eigenvalue weighted by Crippen LogP contribution is -2.25. The second-order valence-electron chi connectivity index (χ2n) is 4.13. The predicted molar refractivity (Wildman–Crippen MR) is 68.6 cm³/mol. The lowest BCUT2D eigenvalue weighted by Gasteiger charge is -2.20. The molecule has 0 fully saturated rings. The predicted octanol–water partition coefficient (Wildman–Crippen LogP) is 2.66. The van der Waals surface area contributed by atoms with Crippen LogP contribution in [0.4, 0.5) is 0 Å².